The van der Waals surface area contributed by atoms with Gasteiger partial charge in [0.15, 0.2) is 0 Å². The second-order valence-electron chi connectivity index (χ2n) is 16.9. The fraction of sp³-hybridized carbons (Fsp3) is 0. The Kier molecular flexibility index (Phi) is 8.53. The maximum absolute atomic E-state index is 6.45. The Labute approximate surface area is 376 Å². The van der Waals surface area contributed by atoms with Crippen LogP contribution in [0.4, 0.5) is 17.1 Å². The molecule has 13 rings (SSSR count). The Morgan fingerprint density at radius 3 is 1.51 bits per heavy atom. The zero-order chi connectivity index (χ0) is 42.8. The minimum atomic E-state index is 0.902. The van der Waals surface area contributed by atoms with Gasteiger partial charge in [-0.2, -0.15) is 0 Å². The van der Waals surface area contributed by atoms with Crippen molar-refractivity contribution >= 4 is 82.4 Å². The molecule has 0 saturated carbocycles. The molecule has 2 aromatic heterocycles. The van der Waals surface area contributed by atoms with E-state index in [1.165, 1.54) is 60.0 Å². The number of fused-ring (bicyclic) bond motifs is 9. The molecule has 0 unspecified atom stereocenters. The van der Waals surface area contributed by atoms with Gasteiger partial charge >= 0.3 is 0 Å². The van der Waals surface area contributed by atoms with E-state index in [1.54, 1.807) is 0 Å². The minimum absolute atomic E-state index is 0.902. The number of benzene rings is 11. The van der Waals surface area contributed by atoms with Gasteiger partial charge in [-0.3, -0.25) is 0 Å². The quantitative estimate of drug-likeness (QED) is 0.149. The molecule has 0 aliphatic heterocycles. The SMILES string of the molecule is c1ccc(-n2c3ccccc3c3ccccc32)c(-c2ccc(N(c3ccc(-c4ccc5c(ccc6ccccc65)c4)cc3)c3ccc(-c4cccc5c4oc4ccccc45)cc3)cc2)c1. The Bertz CT molecular complexity index is 3880. The molecule has 0 amide bonds. The molecule has 2 heterocycles. The number of nitrogens with zero attached hydrogens (tertiary/aromatic N) is 2. The Hall–Kier alpha value is -8.66. The van der Waals surface area contributed by atoms with Crippen molar-refractivity contribution in [3.63, 3.8) is 0 Å². The third-order valence-electron chi connectivity index (χ3n) is 13.2. The van der Waals surface area contributed by atoms with Crippen LogP contribution in [0.25, 0.3) is 104 Å². The summed E-state index contributed by atoms with van der Waals surface area (Å²) in [6.07, 6.45) is 0. The van der Waals surface area contributed by atoms with Crippen molar-refractivity contribution in [2.75, 3.05) is 4.90 Å². The summed E-state index contributed by atoms with van der Waals surface area (Å²) in [6, 6.07) is 87.7. The summed E-state index contributed by atoms with van der Waals surface area (Å²) in [4.78, 5) is 2.35. The summed E-state index contributed by atoms with van der Waals surface area (Å²) < 4.78 is 8.86. The summed E-state index contributed by atoms with van der Waals surface area (Å²) >= 11 is 0. The molecule has 304 valence electrons. The van der Waals surface area contributed by atoms with Crippen LogP contribution >= 0.6 is 0 Å². The molecule has 0 radical (unpaired) electrons. The normalized spacial score (nSPS) is 11.7. The van der Waals surface area contributed by atoms with E-state index in [0.717, 1.165) is 61.4 Å². The molecule has 0 N–H and O–H groups in total. The van der Waals surface area contributed by atoms with Crippen molar-refractivity contribution in [3.05, 3.63) is 243 Å². The van der Waals surface area contributed by atoms with E-state index in [9.17, 15) is 0 Å². The minimum Gasteiger partial charge on any atom is -0.455 e. The van der Waals surface area contributed by atoms with Gasteiger partial charge in [-0.25, -0.2) is 0 Å². The molecule has 13 aromatic rings. The largest absolute Gasteiger partial charge is 0.455 e. The molecule has 0 aliphatic carbocycles. The molecular formula is C62H40N2O. The van der Waals surface area contributed by atoms with Gasteiger partial charge in [-0.1, -0.05) is 176 Å². The fourth-order valence-corrected chi connectivity index (χ4v) is 10.1. The Morgan fingerprint density at radius 2 is 0.800 bits per heavy atom. The van der Waals surface area contributed by atoms with Crippen LogP contribution in [0, 0.1) is 0 Å². The van der Waals surface area contributed by atoms with Gasteiger partial charge in [0.1, 0.15) is 11.2 Å². The zero-order valence-electron chi connectivity index (χ0n) is 35.4. The van der Waals surface area contributed by atoms with Gasteiger partial charge in [0, 0.05) is 49.7 Å². The average molecular weight is 829 g/mol. The lowest BCUT2D eigenvalue weighted by molar-refractivity contribution is 0.670. The summed E-state index contributed by atoms with van der Waals surface area (Å²) in [5.74, 6) is 0. The predicted octanol–water partition coefficient (Wildman–Crippen LogP) is 17.5. The number of furan rings is 1. The maximum Gasteiger partial charge on any atom is 0.143 e. The van der Waals surface area contributed by atoms with Gasteiger partial charge in [0.2, 0.25) is 0 Å². The number of anilines is 3. The predicted molar refractivity (Wildman–Crippen MR) is 274 cm³/mol. The van der Waals surface area contributed by atoms with Gasteiger partial charge in [0.05, 0.1) is 16.7 Å². The second-order valence-corrected chi connectivity index (χ2v) is 16.9. The van der Waals surface area contributed by atoms with E-state index < -0.39 is 0 Å². The van der Waals surface area contributed by atoms with Crippen LogP contribution in [0.2, 0.25) is 0 Å². The van der Waals surface area contributed by atoms with Crippen LogP contribution in [0.1, 0.15) is 0 Å². The molecule has 3 heteroatoms. The summed E-state index contributed by atoms with van der Waals surface area (Å²) in [5.41, 5.74) is 15.5. The molecule has 3 nitrogen and oxygen atoms in total. The average Bonchev–Trinajstić information content (AvgIpc) is 3.93. The van der Waals surface area contributed by atoms with Crippen LogP contribution in [0.5, 0.6) is 0 Å². The van der Waals surface area contributed by atoms with Crippen molar-refractivity contribution < 1.29 is 4.42 Å². The maximum atomic E-state index is 6.45. The lowest BCUT2D eigenvalue weighted by Crippen LogP contribution is -2.09. The van der Waals surface area contributed by atoms with Crippen molar-refractivity contribution in [2.45, 2.75) is 0 Å². The van der Waals surface area contributed by atoms with Crippen molar-refractivity contribution in [2.24, 2.45) is 0 Å². The molecule has 11 aromatic carbocycles. The molecule has 0 atom stereocenters. The van der Waals surface area contributed by atoms with Crippen molar-refractivity contribution in [3.8, 4) is 39.1 Å². The third kappa shape index (κ3) is 6.12. The Balaban J connectivity index is 0.902. The van der Waals surface area contributed by atoms with Crippen LogP contribution in [0.15, 0.2) is 247 Å². The highest BCUT2D eigenvalue weighted by Gasteiger charge is 2.18. The number of hydrogen-bond donors (Lipinski definition) is 0. The van der Waals surface area contributed by atoms with E-state index in [1.807, 2.05) is 12.1 Å². The van der Waals surface area contributed by atoms with Gasteiger partial charge in [-0.05, 0) is 111 Å². The van der Waals surface area contributed by atoms with Crippen molar-refractivity contribution in [1.29, 1.82) is 0 Å². The molecule has 65 heavy (non-hydrogen) atoms. The second kappa shape index (κ2) is 15.0. The lowest BCUT2D eigenvalue weighted by atomic mass is 9.97. The summed E-state index contributed by atoms with van der Waals surface area (Å²) in [7, 11) is 0. The van der Waals surface area contributed by atoms with Gasteiger partial charge < -0.3 is 13.9 Å². The van der Waals surface area contributed by atoms with Crippen LogP contribution in [0.3, 0.4) is 0 Å². The first-order valence-electron chi connectivity index (χ1n) is 22.2. The van der Waals surface area contributed by atoms with Crippen molar-refractivity contribution in [1.82, 2.24) is 4.57 Å². The monoisotopic (exact) mass is 828 g/mol. The van der Waals surface area contributed by atoms with E-state index in [2.05, 4.69) is 240 Å². The molecule has 0 spiro atoms. The Morgan fingerprint density at radius 1 is 0.308 bits per heavy atom. The lowest BCUT2D eigenvalue weighted by Gasteiger charge is -2.26. The van der Waals surface area contributed by atoms with Gasteiger partial charge in [-0.15, -0.1) is 0 Å². The topological polar surface area (TPSA) is 21.3 Å². The zero-order valence-corrected chi connectivity index (χ0v) is 35.4. The van der Waals surface area contributed by atoms with E-state index in [4.69, 9.17) is 4.42 Å². The highest BCUT2D eigenvalue weighted by molar-refractivity contribution is 6.11. The summed E-state index contributed by atoms with van der Waals surface area (Å²) in [6.45, 7) is 0. The summed E-state index contributed by atoms with van der Waals surface area (Å²) in [5, 5.41) is 9.83. The smallest absolute Gasteiger partial charge is 0.143 e. The van der Waals surface area contributed by atoms with E-state index >= 15 is 0 Å². The molecular weight excluding hydrogens is 789 g/mol. The van der Waals surface area contributed by atoms with E-state index in [0.29, 0.717) is 0 Å². The fourth-order valence-electron chi connectivity index (χ4n) is 10.1. The highest BCUT2D eigenvalue weighted by atomic mass is 16.3. The first kappa shape index (κ1) is 36.9. The van der Waals surface area contributed by atoms with E-state index in [-0.39, 0.29) is 0 Å². The number of rotatable bonds is 7. The standard InChI is InChI=1S/C62H40N2O/c1-2-13-50-42(12-1)24-25-46-40-45(32-39-51(46)50)41-26-33-47(34-27-41)63(49-37-30-44(31-38-49)53-18-11-19-57-56-17-6-10-23-61(56)65-62(53)57)48-35-28-43(29-36-48)52-14-3-7-20-58(52)64-59-21-8-4-15-54(59)55-16-5-9-22-60(55)64/h1-40H. The molecule has 0 bridgehead atoms. The van der Waals surface area contributed by atoms with Crippen LogP contribution in [-0.4, -0.2) is 4.57 Å². The van der Waals surface area contributed by atoms with Crippen LogP contribution in [-0.2, 0) is 0 Å². The number of para-hydroxylation sites is 5. The first-order valence-corrected chi connectivity index (χ1v) is 22.2. The van der Waals surface area contributed by atoms with Crippen LogP contribution < -0.4 is 4.90 Å². The third-order valence-corrected chi connectivity index (χ3v) is 13.2. The first-order chi connectivity index (χ1) is 32.2. The molecule has 0 fully saturated rings. The number of aromatic nitrogens is 1. The van der Waals surface area contributed by atoms with Gasteiger partial charge in [0.25, 0.3) is 0 Å². The molecule has 0 aliphatic rings. The number of hydrogen-bond acceptors (Lipinski definition) is 2. The molecule has 0 saturated heterocycles. The highest BCUT2D eigenvalue weighted by Crippen LogP contribution is 2.42.